The van der Waals surface area contributed by atoms with Crippen LogP contribution < -0.4 is 0 Å². The standard InChI is InChI=1S/C12H11F3N2O2/c1-7-16-11(17-19-7)6-10(18)8-4-2-3-5-9(8)12(13,14)15/h2-5,10,18H,6H2,1H3. The summed E-state index contributed by atoms with van der Waals surface area (Å²) in [4.78, 5) is 3.85. The summed E-state index contributed by atoms with van der Waals surface area (Å²) in [5, 5.41) is 13.5. The van der Waals surface area contributed by atoms with Gasteiger partial charge in [-0.25, -0.2) is 0 Å². The maximum absolute atomic E-state index is 12.8. The highest BCUT2D eigenvalue weighted by molar-refractivity contribution is 5.31. The van der Waals surface area contributed by atoms with Gasteiger partial charge in [0.1, 0.15) is 0 Å². The summed E-state index contributed by atoms with van der Waals surface area (Å²) in [6, 6.07) is 4.88. The van der Waals surface area contributed by atoms with Gasteiger partial charge in [-0.1, -0.05) is 23.4 Å². The van der Waals surface area contributed by atoms with Crippen molar-refractivity contribution in [3.63, 3.8) is 0 Å². The van der Waals surface area contributed by atoms with Gasteiger partial charge in [0.2, 0.25) is 5.89 Å². The van der Waals surface area contributed by atoms with Gasteiger partial charge in [-0.3, -0.25) is 0 Å². The van der Waals surface area contributed by atoms with Crippen molar-refractivity contribution >= 4 is 0 Å². The Kier molecular flexibility index (Phi) is 3.57. The Morgan fingerprint density at radius 3 is 2.58 bits per heavy atom. The maximum Gasteiger partial charge on any atom is 0.416 e. The van der Waals surface area contributed by atoms with E-state index < -0.39 is 17.8 Å². The number of benzene rings is 1. The lowest BCUT2D eigenvalue weighted by molar-refractivity contribution is -0.139. The average molecular weight is 272 g/mol. The van der Waals surface area contributed by atoms with E-state index in [1.165, 1.54) is 18.2 Å². The first kappa shape index (κ1) is 13.5. The summed E-state index contributed by atoms with van der Waals surface area (Å²) in [5.41, 5.74) is -1.06. The molecule has 1 atom stereocenters. The van der Waals surface area contributed by atoms with Crippen molar-refractivity contribution < 1.29 is 22.8 Å². The van der Waals surface area contributed by atoms with Gasteiger partial charge < -0.3 is 9.63 Å². The van der Waals surface area contributed by atoms with Crippen LogP contribution in [0.1, 0.15) is 28.9 Å². The van der Waals surface area contributed by atoms with E-state index in [0.717, 1.165) is 6.07 Å². The first-order chi connectivity index (χ1) is 8.88. The van der Waals surface area contributed by atoms with Crippen molar-refractivity contribution in [3.8, 4) is 0 Å². The third-order valence-corrected chi connectivity index (χ3v) is 2.57. The van der Waals surface area contributed by atoms with Crippen molar-refractivity contribution in [1.82, 2.24) is 10.1 Å². The van der Waals surface area contributed by atoms with E-state index >= 15 is 0 Å². The van der Waals surface area contributed by atoms with Gasteiger partial charge in [0.15, 0.2) is 5.82 Å². The van der Waals surface area contributed by atoms with E-state index in [2.05, 4.69) is 10.1 Å². The molecule has 0 aliphatic rings. The smallest absolute Gasteiger partial charge is 0.388 e. The van der Waals surface area contributed by atoms with E-state index in [0.29, 0.717) is 5.89 Å². The molecule has 1 aromatic heterocycles. The van der Waals surface area contributed by atoms with Crippen molar-refractivity contribution in [1.29, 1.82) is 0 Å². The molecule has 7 heteroatoms. The first-order valence-electron chi connectivity index (χ1n) is 5.51. The second kappa shape index (κ2) is 5.00. The number of rotatable bonds is 3. The minimum absolute atomic E-state index is 0.134. The van der Waals surface area contributed by atoms with Crippen LogP contribution in [0.3, 0.4) is 0 Å². The Morgan fingerprint density at radius 2 is 2.00 bits per heavy atom. The Morgan fingerprint density at radius 1 is 1.32 bits per heavy atom. The van der Waals surface area contributed by atoms with Crippen LogP contribution in [0.5, 0.6) is 0 Å². The normalized spacial score (nSPS) is 13.5. The zero-order valence-electron chi connectivity index (χ0n) is 9.98. The molecule has 0 aliphatic heterocycles. The Hall–Kier alpha value is -1.89. The molecule has 1 unspecified atom stereocenters. The van der Waals surface area contributed by atoms with Crippen LogP contribution >= 0.6 is 0 Å². The van der Waals surface area contributed by atoms with Crippen LogP contribution in [0.25, 0.3) is 0 Å². The van der Waals surface area contributed by atoms with Crippen LogP contribution in [-0.4, -0.2) is 15.2 Å². The number of halogens is 3. The molecule has 1 N–H and O–H groups in total. The third kappa shape index (κ3) is 3.11. The Bertz CT molecular complexity index is 566. The lowest BCUT2D eigenvalue weighted by Crippen LogP contribution is -2.13. The third-order valence-electron chi connectivity index (χ3n) is 2.57. The molecule has 0 spiro atoms. The van der Waals surface area contributed by atoms with Crippen LogP contribution in [0.4, 0.5) is 13.2 Å². The Balaban J connectivity index is 2.26. The average Bonchev–Trinajstić information content (AvgIpc) is 2.73. The summed E-state index contributed by atoms with van der Waals surface area (Å²) in [5.74, 6) is 0.466. The van der Waals surface area contributed by atoms with E-state index in [1.54, 1.807) is 6.92 Å². The zero-order valence-corrected chi connectivity index (χ0v) is 9.98. The second-order valence-corrected chi connectivity index (χ2v) is 4.03. The molecule has 1 aromatic carbocycles. The molecule has 0 amide bonds. The Labute approximate surface area is 106 Å². The van der Waals surface area contributed by atoms with Crippen LogP contribution in [0, 0.1) is 6.92 Å². The van der Waals surface area contributed by atoms with Gasteiger partial charge in [-0.15, -0.1) is 0 Å². The van der Waals surface area contributed by atoms with Gasteiger partial charge in [0, 0.05) is 13.3 Å². The molecular weight excluding hydrogens is 261 g/mol. The molecule has 0 aliphatic carbocycles. The number of hydrogen-bond acceptors (Lipinski definition) is 4. The number of aliphatic hydroxyl groups is 1. The number of aryl methyl sites for hydroxylation is 1. The summed E-state index contributed by atoms with van der Waals surface area (Å²) in [7, 11) is 0. The maximum atomic E-state index is 12.8. The molecule has 0 radical (unpaired) electrons. The quantitative estimate of drug-likeness (QED) is 0.933. The minimum atomic E-state index is -4.51. The van der Waals surface area contributed by atoms with Gasteiger partial charge in [0.25, 0.3) is 0 Å². The number of aliphatic hydroxyl groups excluding tert-OH is 1. The fourth-order valence-electron chi connectivity index (χ4n) is 1.75. The van der Waals surface area contributed by atoms with E-state index in [1.807, 2.05) is 0 Å². The highest BCUT2D eigenvalue weighted by atomic mass is 19.4. The van der Waals surface area contributed by atoms with Crippen LogP contribution in [0.15, 0.2) is 28.8 Å². The molecule has 2 aromatic rings. The topological polar surface area (TPSA) is 59.2 Å². The predicted molar refractivity (Wildman–Crippen MR) is 59.1 cm³/mol. The molecule has 2 rings (SSSR count). The van der Waals surface area contributed by atoms with Crippen LogP contribution in [0.2, 0.25) is 0 Å². The second-order valence-electron chi connectivity index (χ2n) is 4.03. The summed E-state index contributed by atoms with van der Waals surface area (Å²) < 4.78 is 43.1. The lowest BCUT2D eigenvalue weighted by atomic mass is 9.99. The lowest BCUT2D eigenvalue weighted by Gasteiger charge is -2.16. The number of hydrogen-bond donors (Lipinski definition) is 1. The fourth-order valence-corrected chi connectivity index (χ4v) is 1.75. The number of nitrogens with zero attached hydrogens (tertiary/aromatic N) is 2. The van der Waals surface area contributed by atoms with E-state index in [4.69, 9.17) is 4.52 Å². The molecule has 0 bridgehead atoms. The fraction of sp³-hybridized carbons (Fsp3) is 0.333. The molecule has 0 saturated carbocycles. The van der Waals surface area contributed by atoms with Gasteiger partial charge in [-0.05, 0) is 11.6 Å². The largest absolute Gasteiger partial charge is 0.416 e. The number of aromatic nitrogens is 2. The SMILES string of the molecule is Cc1nc(CC(O)c2ccccc2C(F)(F)F)no1. The predicted octanol–water partition coefficient (Wildman–Crippen LogP) is 2.67. The summed E-state index contributed by atoms with van der Waals surface area (Å²) >= 11 is 0. The highest BCUT2D eigenvalue weighted by Gasteiger charge is 2.34. The van der Waals surface area contributed by atoms with Gasteiger partial charge in [-0.2, -0.15) is 18.2 Å². The molecule has 0 saturated heterocycles. The molecular formula is C12H11F3N2O2. The van der Waals surface area contributed by atoms with Crippen molar-refractivity contribution in [3.05, 3.63) is 47.1 Å². The molecule has 102 valence electrons. The zero-order chi connectivity index (χ0) is 14.0. The van der Waals surface area contributed by atoms with Crippen LogP contribution in [-0.2, 0) is 12.6 Å². The van der Waals surface area contributed by atoms with Gasteiger partial charge in [0.05, 0.1) is 11.7 Å². The van der Waals surface area contributed by atoms with Crippen molar-refractivity contribution in [2.75, 3.05) is 0 Å². The monoisotopic (exact) mass is 272 g/mol. The molecule has 0 fully saturated rings. The molecule has 19 heavy (non-hydrogen) atoms. The summed E-state index contributed by atoms with van der Waals surface area (Å²) in [6.45, 7) is 1.56. The van der Waals surface area contributed by atoms with E-state index in [-0.39, 0.29) is 17.8 Å². The van der Waals surface area contributed by atoms with Gasteiger partial charge >= 0.3 is 6.18 Å². The molecule has 1 heterocycles. The highest BCUT2D eigenvalue weighted by Crippen LogP contribution is 2.35. The number of alkyl halides is 3. The van der Waals surface area contributed by atoms with E-state index in [9.17, 15) is 18.3 Å². The molecule has 4 nitrogen and oxygen atoms in total. The van der Waals surface area contributed by atoms with Crippen molar-refractivity contribution in [2.45, 2.75) is 25.6 Å². The first-order valence-corrected chi connectivity index (χ1v) is 5.51. The minimum Gasteiger partial charge on any atom is -0.388 e. The summed E-state index contributed by atoms with van der Waals surface area (Å²) in [6.07, 6.45) is -5.98. The van der Waals surface area contributed by atoms with Crippen molar-refractivity contribution in [2.24, 2.45) is 0 Å².